The van der Waals surface area contributed by atoms with Gasteiger partial charge in [0.15, 0.2) is 0 Å². The van der Waals surface area contributed by atoms with Gasteiger partial charge in [-0.3, -0.25) is 0 Å². The number of hydrogen-bond donors (Lipinski definition) is 1. The Balaban J connectivity index is 0.00000201. The van der Waals surface area contributed by atoms with Crippen LogP contribution in [0.1, 0.15) is 69.0 Å². The molecule has 0 unspecified atom stereocenters. The van der Waals surface area contributed by atoms with Gasteiger partial charge in [-0.15, -0.1) is 11.3 Å². The molecule has 2 heteroatoms. The lowest BCUT2D eigenvalue weighted by molar-refractivity contribution is 0.811. The molecule has 0 fully saturated rings. The second-order valence-corrected chi connectivity index (χ2v) is 16.1. The van der Waals surface area contributed by atoms with E-state index in [9.17, 15) is 0 Å². The summed E-state index contributed by atoms with van der Waals surface area (Å²) < 4.78 is 0. The number of rotatable bonds is 6. The number of fused-ring (bicyclic) bond motifs is 13. The molecule has 1 spiro atoms. The zero-order chi connectivity index (χ0) is 39.2. The van der Waals surface area contributed by atoms with Crippen molar-refractivity contribution in [3.63, 3.8) is 0 Å². The smallest absolute Gasteiger partial charge is 0.0819 e. The van der Waals surface area contributed by atoms with Crippen molar-refractivity contribution >= 4 is 39.3 Å². The zero-order valence-corrected chi connectivity index (χ0v) is 33.8. The first kappa shape index (κ1) is 36.0. The minimum absolute atomic E-state index is 0.332. The van der Waals surface area contributed by atoms with E-state index >= 15 is 0 Å². The van der Waals surface area contributed by atoms with Gasteiger partial charge in [-0.2, -0.15) is 0 Å². The van der Waals surface area contributed by atoms with E-state index in [0.29, 0.717) is 6.54 Å². The molecule has 1 heterocycles. The highest BCUT2D eigenvalue weighted by atomic mass is 32.1. The van der Waals surface area contributed by atoms with Crippen molar-refractivity contribution < 1.29 is 0 Å². The van der Waals surface area contributed by atoms with Crippen LogP contribution >= 0.6 is 11.3 Å². The molecular formula is C56H45NS. The van der Waals surface area contributed by atoms with E-state index < -0.39 is 0 Å². The molecule has 0 bridgehead atoms. The second kappa shape index (κ2) is 14.9. The van der Waals surface area contributed by atoms with E-state index in [1.807, 2.05) is 25.2 Å². The van der Waals surface area contributed by atoms with Crippen LogP contribution in [0.3, 0.4) is 0 Å². The van der Waals surface area contributed by atoms with Crippen LogP contribution in [0.5, 0.6) is 0 Å². The maximum Gasteiger partial charge on any atom is 0.0819 e. The van der Waals surface area contributed by atoms with E-state index in [0.717, 1.165) is 24.0 Å². The number of benzene rings is 7. The maximum absolute atomic E-state index is 6.30. The average Bonchev–Trinajstić information content (AvgIpc) is 3.92. The standard InChI is InChI=1S/C54H39NS.C2H6/c55-33-32-39(34-46(37-14-2-1-3-15-37)42-23-12-17-36-16-4-5-18-40(36)42)35-28-30-38(31-29-35)41-22-13-26-49-51(41)52-45-21-8-11-27-50(45)56-53(52)54(49)47-24-9-6-19-43(47)44-20-7-10-25-48(44)54;1-2/h1-7,9-20,22-32,34H,8,21,33,55H2;1-2H3/b39-32+,46-34-;. The normalized spacial score (nSPS) is 14.3. The molecule has 0 atom stereocenters. The molecule has 7 aromatic carbocycles. The van der Waals surface area contributed by atoms with Crippen LogP contribution in [0.4, 0.5) is 0 Å². The summed E-state index contributed by atoms with van der Waals surface area (Å²) in [4.78, 5) is 2.90. The van der Waals surface area contributed by atoms with Crippen molar-refractivity contribution in [2.75, 3.05) is 6.54 Å². The molecule has 0 saturated heterocycles. The number of hydrogen-bond acceptors (Lipinski definition) is 2. The van der Waals surface area contributed by atoms with Gasteiger partial charge in [0.2, 0.25) is 0 Å². The third-order valence-electron chi connectivity index (χ3n) is 12.2. The van der Waals surface area contributed by atoms with Crippen molar-refractivity contribution in [2.45, 2.75) is 32.1 Å². The van der Waals surface area contributed by atoms with Gasteiger partial charge in [-0.05, 0) is 114 Å². The molecule has 3 aliphatic carbocycles. The Morgan fingerprint density at radius 1 is 0.621 bits per heavy atom. The van der Waals surface area contributed by atoms with Crippen LogP contribution in [-0.4, -0.2) is 6.54 Å². The van der Waals surface area contributed by atoms with Gasteiger partial charge in [-0.1, -0.05) is 190 Å². The molecule has 11 rings (SSSR count). The quantitative estimate of drug-likeness (QED) is 0.168. The van der Waals surface area contributed by atoms with Gasteiger partial charge in [-0.25, -0.2) is 0 Å². The second-order valence-electron chi connectivity index (χ2n) is 15.1. The molecule has 58 heavy (non-hydrogen) atoms. The van der Waals surface area contributed by atoms with Gasteiger partial charge >= 0.3 is 0 Å². The van der Waals surface area contributed by atoms with Gasteiger partial charge in [0.1, 0.15) is 0 Å². The molecule has 1 nitrogen and oxygen atoms in total. The van der Waals surface area contributed by atoms with E-state index in [4.69, 9.17) is 5.73 Å². The van der Waals surface area contributed by atoms with Crippen molar-refractivity contribution in [3.8, 4) is 33.4 Å². The van der Waals surface area contributed by atoms with Crippen LogP contribution in [-0.2, 0) is 11.8 Å². The van der Waals surface area contributed by atoms with Gasteiger partial charge in [0, 0.05) is 21.9 Å². The van der Waals surface area contributed by atoms with Gasteiger partial charge in [0.05, 0.1) is 5.41 Å². The summed E-state index contributed by atoms with van der Waals surface area (Å²) in [5.74, 6) is 0. The minimum atomic E-state index is -0.332. The van der Waals surface area contributed by atoms with Crippen molar-refractivity contribution in [1.82, 2.24) is 0 Å². The molecule has 280 valence electrons. The van der Waals surface area contributed by atoms with Crippen molar-refractivity contribution in [1.29, 1.82) is 0 Å². The average molecular weight is 764 g/mol. The summed E-state index contributed by atoms with van der Waals surface area (Å²) in [6.07, 6.45) is 11.4. The van der Waals surface area contributed by atoms with Gasteiger partial charge < -0.3 is 5.73 Å². The Labute approximate surface area is 346 Å². The molecule has 8 aromatic rings. The third-order valence-corrected chi connectivity index (χ3v) is 13.5. The molecular weight excluding hydrogens is 719 g/mol. The summed E-state index contributed by atoms with van der Waals surface area (Å²) in [7, 11) is 0. The lowest BCUT2D eigenvalue weighted by Crippen LogP contribution is -2.24. The Morgan fingerprint density at radius 2 is 1.26 bits per heavy atom. The topological polar surface area (TPSA) is 26.0 Å². The van der Waals surface area contributed by atoms with E-state index in [1.54, 1.807) is 0 Å². The van der Waals surface area contributed by atoms with Gasteiger partial charge in [0.25, 0.3) is 0 Å². The fourth-order valence-electron chi connectivity index (χ4n) is 9.86. The lowest BCUT2D eigenvalue weighted by Gasteiger charge is -2.29. The SMILES string of the molecule is CC.NC/C=C(\C=C(\c1ccccc1)c1cccc2ccccc12)c1ccc(-c2cccc3c2-c2c(sc4c2CCC=C4)C32c3ccccc3-c3ccccc32)cc1. The Bertz CT molecular complexity index is 2890. The Kier molecular flexibility index (Phi) is 9.25. The first-order valence-electron chi connectivity index (χ1n) is 20.7. The summed E-state index contributed by atoms with van der Waals surface area (Å²) in [6.45, 7) is 4.45. The van der Waals surface area contributed by atoms with Crippen LogP contribution in [0.15, 0.2) is 182 Å². The van der Waals surface area contributed by atoms with E-state index in [-0.39, 0.29) is 5.41 Å². The van der Waals surface area contributed by atoms with Crippen LogP contribution in [0, 0.1) is 0 Å². The summed E-state index contributed by atoms with van der Waals surface area (Å²) in [6, 6.07) is 60.5. The van der Waals surface area contributed by atoms with E-state index in [1.165, 1.54) is 92.9 Å². The fourth-order valence-corrected chi connectivity index (χ4v) is 11.4. The molecule has 0 radical (unpaired) electrons. The zero-order valence-electron chi connectivity index (χ0n) is 33.0. The molecule has 0 amide bonds. The van der Waals surface area contributed by atoms with Crippen LogP contribution in [0.25, 0.3) is 61.4 Å². The molecule has 1 aromatic heterocycles. The monoisotopic (exact) mass is 763 g/mol. The van der Waals surface area contributed by atoms with Crippen molar-refractivity contribution in [3.05, 3.63) is 231 Å². The number of nitrogens with two attached hydrogens (primary N) is 1. The largest absolute Gasteiger partial charge is 0.327 e. The highest BCUT2D eigenvalue weighted by Crippen LogP contribution is 2.67. The molecule has 3 aliphatic rings. The predicted molar refractivity (Wildman–Crippen MR) is 249 cm³/mol. The lowest BCUT2D eigenvalue weighted by atomic mass is 9.73. The molecule has 0 saturated carbocycles. The summed E-state index contributed by atoms with van der Waals surface area (Å²) in [5, 5.41) is 2.47. The Morgan fingerprint density at radius 3 is 2.02 bits per heavy atom. The highest BCUT2D eigenvalue weighted by Gasteiger charge is 2.54. The molecule has 2 N–H and O–H groups in total. The number of allylic oxidation sites excluding steroid dienone is 3. The van der Waals surface area contributed by atoms with E-state index in [2.05, 4.69) is 188 Å². The maximum atomic E-state index is 6.30. The third kappa shape index (κ3) is 5.47. The van der Waals surface area contributed by atoms with Crippen LogP contribution < -0.4 is 5.73 Å². The predicted octanol–water partition coefficient (Wildman–Crippen LogP) is 14.4. The molecule has 0 aliphatic heterocycles. The summed E-state index contributed by atoms with van der Waals surface area (Å²) in [5.41, 5.74) is 25.6. The highest BCUT2D eigenvalue weighted by molar-refractivity contribution is 7.14. The fraction of sp³-hybridized carbons (Fsp3) is 0.107. The summed E-state index contributed by atoms with van der Waals surface area (Å²) >= 11 is 2.01. The van der Waals surface area contributed by atoms with Crippen LogP contribution in [0.2, 0.25) is 0 Å². The first-order valence-corrected chi connectivity index (χ1v) is 21.5. The minimum Gasteiger partial charge on any atom is -0.327 e. The number of thiophene rings is 1. The Hall–Kier alpha value is -6.32. The van der Waals surface area contributed by atoms with Crippen molar-refractivity contribution in [2.24, 2.45) is 5.73 Å². The first-order chi connectivity index (χ1) is 28.8.